The number of nitrogens with zero attached hydrogens (tertiary/aromatic N) is 1. The Hall–Kier alpha value is -1.21. The van der Waals surface area contributed by atoms with Crippen LogP contribution < -0.4 is 11.3 Å². The number of hydrogen-bond acceptors (Lipinski definition) is 4. The average Bonchev–Trinajstić information content (AvgIpc) is 2.85. The van der Waals surface area contributed by atoms with E-state index in [1.165, 1.54) is 0 Å². The lowest BCUT2D eigenvalue weighted by molar-refractivity contribution is 0.470. The van der Waals surface area contributed by atoms with Crippen LogP contribution >= 0.6 is 31.9 Å². The topological polar surface area (TPSA) is 64.1 Å². The predicted octanol–water partition coefficient (Wildman–Crippen LogP) is 3.91. The summed E-state index contributed by atoms with van der Waals surface area (Å²) < 4.78 is 7.60. The van der Waals surface area contributed by atoms with Crippen molar-refractivity contribution in [1.82, 2.24) is 10.4 Å². The molecule has 1 unspecified atom stereocenters. The molecule has 1 aromatic carbocycles. The van der Waals surface area contributed by atoms with E-state index >= 15 is 0 Å². The summed E-state index contributed by atoms with van der Waals surface area (Å²) in [5, 5.41) is 1.04. The molecular weight excluding hydrogens is 386 g/mol. The molecule has 3 aromatic rings. The molecule has 0 radical (unpaired) electrons. The monoisotopic (exact) mass is 395 g/mol. The van der Waals surface area contributed by atoms with E-state index < -0.39 is 0 Å². The van der Waals surface area contributed by atoms with Crippen molar-refractivity contribution in [2.24, 2.45) is 5.84 Å². The third-order valence-electron chi connectivity index (χ3n) is 3.01. The number of pyridine rings is 1. The van der Waals surface area contributed by atoms with E-state index in [9.17, 15) is 0 Å². The SMILES string of the molecule is NNC(c1cc2ccccc2o1)c1ncc(Br)cc1Br. The van der Waals surface area contributed by atoms with E-state index in [0.29, 0.717) is 0 Å². The smallest absolute Gasteiger partial charge is 0.134 e. The highest BCUT2D eigenvalue weighted by Crippen LogP contribution is 2.31. The number of rotatable bonds is 3. The zero-order chi connectivity index (χ0) is 14.1. The van der Waals surface area contributed by atoms with Gasteiger partial charge in [0, 0.05) is 20.5 Å². The van der Waals surface area contributed by atoms with Crippen molar-refractivity contribution in [3.63, 3.8) is 0 Å². The van der Waals surface area contributed by atoms with Crippen molar-refractivity contribution in [2.75, 3.05) is 0 Å². The van der Waals surface area contributed by atoms with Crippen LogP contribution in [-0.4, -0.2) is 4.98 Å². The van der Waals surface area contributed by atoms with Gasteiger partial charge in [-0.15, -0.1) is 0 Å². The van der Waals surface area contributed by atoms with Gasteiger partial charge < -0.3 is 4.42 Å². The Bertz CT molecular complexity index is 724. The highest BCUT2D eigenvalue weighted by atomic mass is 79.9. The second-order valence-corrected chi connectivity index (χ2v) is 6.08. The van der Waals surface area contributed by atoms with Crippen LogP contribution in [0.15, 0.2) is 56.0 Å². The summed E-state index contributed by atoms with van der Waals surface area (Å²) >= 11 is 6.88. The largest absolute Gasteiger partial charge is 0.459 e. The third kappa shape index (κ3) is 2.52. The highest BCUT2D eigenvalue weighted by Gasteiger charge is 2.21. The number of hydrazine groups is 1. The van der Waals surface area contributed by atoms with Crippen molar-refractivity contribution in [1.29, 1.82) is 0 Å². The summed E-state index contributed by atoms with van der Waals surface area (Å²) in [6.07, 6.45) is 1.73. The fourth-order valence-electron chi connectivity index (χ4n) is 2.08. The van der Waals surface area contributed by atoms with Crippen LogP contribution in [0.5, 0.6) is 0 Å². The fourth-order valence-corrected chi connectivity index (χ4v) is 3.29. The van der Waals surface area contributed by atoms with Gasteiger partial charge in [-0.05, 0) is 50.1 Å². The van der Waals surface area contributed by atoms with Gasteiger partial charge in [0.25, 0.3) is 0 Å². The van der Waals surface area contributed by atoms with E-state index in [4.69, 9.17) is 10.3 Å². The number of para-hydroxylation sites is 1. The van der Waals surface area contributed by atoms with Crippen molar-refractivity contribution in [3.05, 3.63) is 63.0 Å². The quantitative estimate of drug-likeness (QED) is 0.520. The van der Waals surface area contributed by atoms with Crippen LogP contribution in [0.25, 0.3) is 11.0 Å². The van der Waals surface area contributed by atoms with Crippen LogP contribution in [0, 0.1) is 0 Å². The second-order valence-electron chi connectivity index (χ2n) is 4.31. The minimum atomic E-state index is -0.315. The lowest BCUT2D eigenvalue weighted by Gasteiger charge is -2.14. The third-order valence-corrected chi connectivity index (χ3v) is 4.07. The lowest BCUT2D eigenvalue weighted by atomic mass is 10.1. The molecular formula is C14H11Br2N3O. The van der Waals surface area contributed by atoms with E-state index in [2.05, 4.69) is 42.3 Å². The van der Waals surface area contributed by atoms with Gasteiger partial charge in [-0.3, -0.25) is 10.8 Å². The first kappa shape index (κ1) is 13.8. The van der Waals surface area contributed by atoms with Crippen LogP contribution in [-0.2, 0) is 0 Å². The van der Waals surface area contributed by atoms with E-state index in [1.54, 1.807) is 6.20 Å². The van der Waals surface area contributed by atoms with Crippen LogP contribution in [0.4, 0.5) is 0 Å². The van der Waals surface area contributed by atoms with Gasteiger partial charge in [-0.2, -0.15) is 0 Å². The Morgan fingerprint density at radius 3 is 2.70 bits per heavy atom. The summed E-state index contributed by atoms with van der Waals surface area (Å²) in [7, 11) is 0. The standard InChI is InChI=1S/C14H11Br2N3O/c15-9-6-10(16)13(18-7-9)14(19-17)12-5-8-3-1-2-4-11(8)20-12/h1-7,14,19H,17H2. The van der Waals surface area contributed by atoms with Gasteiger partial charge in [0.05, 0.1) is 5.69 Å². The number of fused-ring (bicyclic) bond motifs is 1. The molecule has 3 rings (SSSR count). The molecule has 3 N–H and O–H groups in total. The van der Waals surface area contributed by atoms with Crippen molar-refractivity contribution in [2.45, 2.75) is 6.04 Å². The lowest BCUT2D eigenvalue weighted by Crippen LogP contribution is -2.29. The molecule has 6 heteroatoms. The van der Waals surface area contributed by atoms with Gasteiger partial charge in [-0.25, -0.2) is 5.43 Å². The number of aromatic nitrogens is 1. The molecule has 0 saturated heterocycles. The molecule has 2 heterocycles. The number of furan rings is 1. The minimum Gasteiger partial charge on any atom is -0.459 e. The number of nitrogens with two attached hydrogens (primary N) is 1. The summed E-state index contributed by atoms with van der Waals surface area (Å²) in [5.41, 5.74) is 4.36. The summed E-state index contributed by atoms with van der Waals surface area (Å²) in [5.74, 6) is 6.41. The van der Waals surface area contributed by atoms with Gasteiger partial charge in [-0.1, -0.05) is 18.2 Å². The number of halogens is 2. The summed E-state index contributed by atoms with van der Waals surface area (Å²) in [6.45, 7) is 0. The maximum atomic E-state index is 5.85. The molecule has 0 aliphatic heterocycles. The summed E-state index contributed by atoms with van der Waals surface area (Å²) in [6, 6.07) is 11.4. The Labute approximate surface area is 132 Å². The Morgan fingerprint density at radius 2 is 2.00 bits per heavy atom. The van der Waals surface area contributed by atoms with Gasteiger partial charge in [0.15, 0.2) is 0 Å². The van der Waals surface area contributed by atoms with Crippen LogP contribution in [0.2, 0.25) is 0 Å². The highest BCUT2D eigenvalue weighted by molar-refractivity contribution is 9.11. The number of benzene rings is 1. The van der Waals surface area contributed by atoms with Crippen molar-refractivity contribution in [3.8, 4) is 0 Å². The fraction of sp³-hybridized carbons (Fsp3) is 0.0714. The molecule has 1 atom stereocenters. The first-order valence-corrected chi connectivity index (χ1v) is 7.53. The molecule has 0 fully saturated rings. The molecule has 0 aliphatic carbocycles. The van der Waals surface area contributed by atoms with Crippen molar-refractivity contribution < 1.29 is 4.42 Å². The minimum absolute atomic E-state index is 0.315. The summed E-state index contributed by atoms with van der Waals surface area (Å²) in [4.78, 5) is 4.40. The Kier molecular flexibility index (Phi) is 3.89. The first-order valence-electron chi connectivity index (χ1n) is 5.94. The average molecular weight is 397 g/mol. The van der Waals surface area contributed by atoms with Gasteiger partial charge in [0.1, 0.15) is 17.4 Å². The predicted molar refractivity (Wildman–Crippen MR) is 85.0 cm³/mol. The van der Waals surface area contributed by atoms with Crippen LogP contribution in [0.1, 0.15) is 17.5 Å². The Morgan fingerprint density at radius 1 is 1.20 bits per heavy atom. The molecule has 0 aliphatic rings. The maximum Gasteiger partial charge on any atom is 0.134 e. The number of hydrogen-bond donors (Lipinski definition) is 2. The molecule has 0 amide bonds. The molecule has 2 aromatic heterocycles. The molecule has 0 spiro atoms. The van der Waals surface area contributed by atoms with Crippen molar-refractivity contribution >= 4 is 42.8 Å². The molecule has 0 saturated carbocycles. The normalized spacial score (nSPS) is 12.8. The van der Waals surface area contributed by atoms with E-state index in [-0.39, 0.29) is 6.04 Å². The van der Waals surface area contributed by atoms with Gasteiger partial charge in [0.2, 0.25) is 0 Å². The molecule has 4 nitrogen and oxygen atoms in total. The Balaban J connectivity index is 2.08. The second kappa shape index (κ2) is 5.65. The zero-order valence-corrected chi connectivity index (χ0v) is 13.5. The number of nitrogens with one attached hydrogen (secondary N) is 1. The van der Waals surface area contributed by atoms with E-state index in [0.717, 1.165) is 31.4 Å². The molecule has 102 valence electrons. The maximum absolute atomic E-state index is 5.85. The molecule has 20 heavy (non-hydrogen) atoms. The van der Waals surface area contributed by atoms with Crippen LogP contribution in [0.3, 0.4) is 0 Å². The first-order chi connectivity index (χ1) is 9.69. The molecule has 0 bridgehead atoms. The van der Waals surface area contributed by atoms with E-state index in [1.807, 2.05) is 36.4 Å². The zero-order valence-electron chi connectivity index (χ0n) is 10.3. The van der Waals surface area contributed by atoms with Gasteiger partial charge >= 0.3 is 0 Å².